The van der Waals surface area contributed by atoms with Crippen molar-refractivity contribution in [2.75, 3.05) is 6.61 Å². The number of benzene rings is 2. The van der Waals surface area contributed by atoms with Crippen LogP contribution in [0.2, 0.25) is 0 Å². The highest BCUT2D eigenvalue weighted by atomic mass is 19.4. The van der Waals surface area contributed by atoms with Crippen molar-refractivity contribution in [3.8, 4) is 17.2 Å². The fourth-order valence-electron chi connectivity index (χ4n) is 1.63. The molecule has 0 N–H and O–H groups in total. The largest absolute Gasteiger partial charge is 0.480 e. The smallest absolute Gasteiger partial charge is 0.422 e. The van der Waals surface area contributed by atoms with Gasteiger partial charge in [-0.25, -0.2) is 0 Å². The zero-order valence-electron chi connectivity index (χ0n) is 11.0. The normalized spacial score (nSPS) is 11.0. The van der Waals surface area contributed by atoms with Gasteiger partial charge in [-0.05, 0) is 18.2 Å². The topological polar surface area (TPSA) is 61.6 Å². The number of ether oxygens (including phenoxy) is 2. The summed E-state index contributed by atoms with van der Waals surface area (Å²) in [5.74, 6) is -0.283. The Balaban J connectivity index is 2.25. The zero-order valence-corrected chi connectivity index (χ0v) is 11.0. The fourth-order valence-corrected chi connectivity index (χ4v) is 1.63. The molecule has 0 atom stereocenters. The van der Waals surface area contributed by atoms with Crippen LogP contribution in [-0.4, -0.2) is 17.7 Å². The number of halogens is 3. The molecule has 2 aromatic rings. The van der Waals surface area contributed by atoms with Gasteiger partial charge >= 0.3 is 11.9 Å². The Bertz CT molecular complexity index is 673. The van der Waals surface area contributed by atoms with Crippen molar-refractivity contribution in [3.05, 3.63) is 58.6 Å². The predicted molar refractivity (Wildman–Crippen MR) is 71.2 cm³/mol. The predicted octanol–water partition coefficient (Wildman–Crippen LogP) is 4.33. The van der Waals surface area contributed by atoms with Crippen LogP contribution in [0, 0.1) is 10.1 Å². The van der Waals surface area contributed by atoms with E-state index in [1.54, 1.807) is 0 Å². The maximum absolute atomic E-state index is 12.2. The minimum absolute atomic E-state index is 0.0407. The molecule has 0 fully saturated rings. The lowest BCUT2D eigenvalue weighted by Gasteiger charge is -2.13. The van der Waals surface area contributed by atoms with Gasteiger partial charge in [-0.3, -0.25) is 10.1 Å². The zero-order chi connectivity index (χ0) is 16.2. The van der Waals surface area contributed by atoms with E-state index < -0.39 is 17.7 Å². The molecular weight excluding hydrogens is 303 g/mol. The molecular formula is C14H10F3NO4. The lowest BCUT2D eigenvalue weighted by atomic mass is 10.3. The van der Waals surface area contributed by atoms with Gasteiger partial charge in [0, 0.05) is 6.07 Å². The Morgan fingerprint density at radius 1 is 0.955 bits per heavy atom. The minimum atomic E-state index is -4.49. The third-order valence-corrected chi connectivity index (χ3v) is 2.52. The lowest BCUT2D eigenvalue weighted by molar-refractivity contribution is -0.385. The molecule has 0 radical (unpaired) electrons. The molecule has 0 amide bonds. The van der Waals surface area contributed by atoms with E-state index in [1.807, 2.05) is 0 Å². The molecule has 2 aromatic carbocycles. The van der Waals surface area contributed by atoms with Gasteiger partial charge in [0.25, 0.3) is 0 Å². The second kappa shape index (κ2) is 6.33. The number of hydrogen-bond acceptors (Lipinski definition) is 4. The summed E-state index contributed by atoms with van der Waals surface area (Å²) in [7, 11) is 0. The summed E-state index contributed by atoms with van der Waals surface area (Å²) < 4.78 is 46.6. The van der Waals surface area contributed by atoms with Crippen molar-refractivity contribution in [3.63, 3.8) is 0 Å². The van der Waals surface area contributed by atoms with Crippen LogP contribution in [0.15, 0.2) is 48.5 Å². The number of nitro groups is 1. The van der Waals surface area contributed by atoms with Gasteiger partial charge in [-0.1, -0.05) is 24.3 Å². The van der Waals surface area contributed by atoms with Crippen molar-refractivity contribution in [1.82, 2.24) is 0 Å². The summed E-state index contributed by atoms with van der Waals surface area (Å²) in [6.45, 7) is -1.48. The minimum Gasteiger partial charge on any atom is -0.480 e. The Morgan fingerprint density at radius 2 is 1.50 bits per heavy atom. The van der Waals surface area contributed by atoms with E-state index in [1.165, 1.54) is 48.5 Å². The summed E-state index contributed by atoms with van der Waals surface area (Å²) in [5.41, 5.74) is -0.298. The number of alkyl halides is 3. The third kappa shape index (κ3) is 4.11. The molecule has 22 heavy (non-hydrogen) atoms. The van der Waals surface area contributed by atoms with Gasteiger partial charge in [0.05, 0.1) is 4.92 Å². The second-order valence-corrected chi connectivity index (χ2v) is 4.18. The summed E-state index contributed by atoms with van der Waals surface area (Å²) in [4.78, 5) is 10.3. The standard InChI is InChI=1S/C14H10F3NO4/c15-14(16,17)9-21-12-7-3-4-8-13(12)22-11-6-2-1-5-10(11)18(19)20/h1-8H,9H2. The first-order valence-corrected chi connectivity index (χ1v) is 6.07. The SMILES string of the molecule is O=[N+]([O-])c1ccccc1Oc1ccccc1OCC(F)(F)F. The van der Waals surface area contributed by atoms with Gasteiger partial charge in [-0.2, -0.15) is 13.2 Å². The van der Waals surface area contributed by atoms with Gasteiger partial charge in [-0.15, -0.1) is 0 Å². The van der Waals surface area contributed by atoms with Crippen LogP contribution in [-0.2, 0) is 0 Å². The van der Waals surface area contributed by atoms with Crippen LogP contribution < -0.4 is 9.47 Å². The second-order valence-electron chi connectivity index (χ2n) is 4.18. The van der Waals surface area contributed by atoms with Crippen LogP contribution in [0.4, 0.5) is 18.9 Å². The average molecular weight is 313 g/mol. The monoisotopic (exact) mass is 313 g/mol. The Morgan fingerprint density at radius 3 is 2.09 bits per heavy atom. The molecule has 0 saturated heterocycles. The molecule has 5 nitrogen and oxygen atoms in total. The van der Waals surface area contributed by atoms with Crippen molar-refractivity contribution in [2.24, 2.45) is 0 Å². The molecule has 0 saturated carbocycles. The molecule has 0 heterocycles. The molecule has 0 aliphatic carbocycles. The Labute approximate surface area is 123 Å². The summed E-state index contributed by atoms with van der Waals surface area (Å²) in [5, 5.41) is 10.9. The fraction of sp³-hybridized carbons (Fsp3) is 0.143. The molecule has 0 bridgehead atoms. The van der Waals surface area contributed by atoms with Gasteiger partial charge in [0.2, 0.25) is 5.75 Å². The Kier molecular flexibility index (Phi) is 4.50. The highest BCUT2D eigenvalue weighted by Crippen LogP contribution is 2.36. The van der Waals surface area contributed by atoms with Crippen molar-refractivity contribution >= 4 is 5.69 Å². The van der Waals surface area contributed by atoms with Crippen LogP contribution in [0.1, 0.15) is 0 Å². The van der Waals surface area contributed by atoms with Crippen LogP contribution in [0.5, 0.6) is 17.2 Å². The molecule has 2 rings (SSSR count). The molecule has 0 aliphatic heterocycles. The van der Waals surface area contributed by atoms with Gasteiger partial charge in [0.1, 0.15) is 0 Å². The van der Waals surface area contributed by atoms with Crippen LogP contribution in [0.25, 0.3) is 0 Å². The number of hydrogen-bond donors (Lipinski definition) is 0. The highest BCUT2D eigenvalue weighted by Gasteiger charge is 2.29. The van der Waals surface area contributed by atoms with Gasteiger partial charge < -0.3 is 9.47 Å². The Hall–Kier alpha value is -2.77. The van der Waals surface area contributed by atoms with E-state index >= 15 is 0 Å². The first-order valence-electron chi connectivity index (χ1n) is 6.07. The number of nitrogens with zero attached hydrogens (tertiary/aromatic N) is 1. The molecule has 0 aromatic heterocycles. The van der Waals surface area contributed by atoms with Crippen molar-refractivity contribution in [2.45, 2.75) is 6.18 Å². The third-order valence-electron chi connectivity index (χ3n) is 2.52. The highest BCUT2D eigenvalue weighted by molar-refractivity contribution is 5.50. The summed E-state index contributed by atoms with van der Waals surface area (Å²) in [6, 6.07) is 11.2. The maximum atomic E-state index is 12.2. The van der Waals surface area contributed by atoms with E-state index in [9.17, 15) is 23.3 Å². The number of rotatable bonds is 5. The van der Waals surface area contributed by atoms with E-state index in [4.69, 9.17) is 4.74 Å². The van der Waals surface area contributed by atoms with Crippen LogP contribution in [0.3, 0.4) is 0 Å². The molecule has 0 spiro atoms. The maximum Gasteiger partial charge on any atom is 0.422 e. The van der Waals surface area contributed by atoms with Gasteiger partial charge in [0.15, 0.2) is 18.1 Å². The number of para-hydroxylation sites is 4. The lowest BCUT2D eigenvalue weighted by Crippen LogP contribution is -2.19. The van der Waals surface area contributed by atoms with Crippen molar-refractivity contribution < 1.29 is 27.6 Å². The first kappa shape index (κ1) is 15.6. The molecule has 8 heteroatoms. The molecule has 116 valence electrons. The summed E-state index contributed by atoms with van der Waals surface area (Å²) in [6.07, 6.45) is -4.49. The van der Waals surface area contributed by atoms with E-state index in [-0.39, 0.29) is 22.9 Å². The van der Waals surface area contributed by atoms with Crippen molar-refractivity contribution in [1.29, 1.82) is 0 Å². The number of nitro benzene ring substituents is 1. The van der Waals surface area contributed by atoms with E-state index in [0.29, 0.717) is 0 Å². The summed E-state index contributed by atoms with van der Waals surface area (Å²) >= 11 is 0. The van der Waals surface area contributed by atoms with E-state index in [0.717, 1.165) is 0 Å². The van der Waals surface area contributed by atoms with Crippen LogP contribution >= 0.6 is 0 Å². The average Bonchev–Trinajstić information content (AvgIpc) is 2.46. The molecule has 0 unspecified atom stereocenters. The molecule has 0 aliphatic rings. The van der Waals surface area contributed by atoms with E-state index in [2.05, 4.69) is 4.74 Å². The quantitative estimate of drug-likeness (QED) is 0.609. The first-order chi connectivity index (χ1) is 10.4.